The molecule has 3 rings (SSSR count). The molecule has 0 aliphatic heterocycles. The molecule has 6 heteroatoms. The van der Waals surface area contributed by atoms with Crippen LogP contribution in [0.3, 0.4) is 0 Å². The molecule has 3 nitrogen and oxygen atoms in total. The lowest BCUT2D eigenvalue weighted by atomic mass is 10.1. The van der Waals surface area contributed by atoms with E-state index in [1.165, 1.54) is 5.56 Å². The summed E-state index contributed by atoms with van der Waals surface area (Å²) in [5.41, 5.74) is 3.99. The van der Waals surface area contributed by atoms with Gasteiger partial charge in [-0.3, -0.25) is 0 Å². The number of phenolic OH excluding ortho intramolecular Hbond substituents is 1. The third kappa shape index (κ3) is 3.09. The molecule has 0 saturated heterocycles. The summed E-state index contributed by atoms with van der Waals surface area (Å²) in [5, 5.41) is 10.7. The first-order chi connectivity index (χ1) is 10.4. The van der Waals surface area contributed by atoms with Gasteiger partial charge in [-0.05, 0) is 59.1 Å². The zero-order valence-corrected chi connectivity index (χ0v) is 15.9. The molecule has 3 aromatic rings. The maximum Gasteiger partial charge on any atom is 0.210 e. The molecule has 2 aromatic carbocycles. The van der Waals surface area contributed by atoms with Crippen molar-refractivity contribution in [3.05, 3.63) is 49.9 Å². The number of thiazole rings is 1. The van der Waals surface area contributed by atoms with Gasteiger partial charge in [0.2, 0.25) is 5.13 Å². The molecule has 0 atom stereocenters. The third-order valence-corrected chi connectivity index (χ3v) is 5.16. The molecule has 1 aromatic heterocycles. The molecular formula is C16H12Br2N2OS. The van der Waals surface area contributed by atoms with E-state index >= 15 is 0 Å². The standard InChI is InChI=1S/C16H12Br2N2OS/c1-8-3-9(2)14-13(4-8)22-16(20-14)19-7-10-5-11(17)6-12(18)15(10)21/h3-7,21H,1-2H3. The number of aliphatic imine (C=N–C) groups is 1. The summed E-state index contributed by atoms with van der Waals surface area (Å²) in [4.78, 5) is 8.97. The Morgan fingerprint density at radius 2 is 1.95 bits per heavy atom. The number of rotatable bonds is 2. The van der Waals surface area contributed by atoms with Crippen LogP contribution in [-0.2, 0) is 0 Å². The van der Waals surface area contributed by atoms with E-state index in [-0.39, 0.29) is 5.75 Å². The first-order valence-corrected chi connectivity index (χ1v) is 8.94. The highest BCUT2D eigenvalue weighted by Crippen LogP contribution is 2.33. The Hall–Kier alpha value is -1.24. The zero-order chi connectivity index (χ0) is 15.9. The Labute approximate surface area is 149 Å². The lowest BCUT2D eigenvalue weighted by molar-refractivity contribution is 0.471. The maximum atomic E-state index is 10.0. The number of fused-ring (bicyclic) bond motifs is 1. The van der Waals surface area contributed by atoms with Gasteiger partial charge in [0.1, 0.15) is 5.75 Å². The van der Waals surface area contributed by atoms with Gasteiger partial charge in [0, 0.05) is 16.3 Å². The summed E-state index contributed by atoms with van der Waals surface area (Å²) < 4.78 is 2.62. The monoisotopic (exact) mass is 438 g/mol. The summed E-state index contributed by atoms with van der Waals surface area (Å²) in [6.07, 6.45) is 1.63. The van der Waals surface area contributed by atoms with Gasteiger partial charge >= 0.3 is 0 Å². The van der Waals surface area contributed by atoms with Crippen molar-refractivity contribution in [1.29, 1.82) is 0 Å². The number of halogens is 2. The van der Waals surface area contributed by atoms with Crippen LogP contribution in [0.1, 0.15) is 16.7 Å². The van der Waals surface area contributed by atoms with Gasteiger partial charge < -0.3 is 5.11 Å². The number of aromatic nitrogens is 1. The van der Waals surface area contributed by atoms with Crippen LogP contribution in [-0.4, -0.2) is 16.3 Å². The van der Waals surface area contributed by atoms with E-state index in [4.69, 9.17) is 0 Å². The summed E-state index contributed by atoms with van der Waals surface area (Å²) in [7, 11) is 0. The predicted octanol–water partition coefficient (Wildman–Crippen LogP) is 5.89. The number of nitrogens with zero attached hydrogens (tertiary/aromatic N) is 2. The number of phenols is 1. The maximum absolute atomic E-state index is 10.0. The van der Waals surface area contributed by atoms with Crippen molar-refractivity contribution in [2.24, 2.45) is 4.99 Å². The van der Waals surface area contributed by atoms with Crippen LogP contribution in [0.4, 0.5) is 5.13 Å². The molecular weight excluding hydrogens is 428 g/mol. The van der Waals surface area contributed by atoms with Gasteiger partial charge in [0.15, 0.2) is 0 Å². The minimum absolute atomic E-state index is 0.167. The fourth-order valence-electron chi connectivity index (χ4n) is 2.22. The van der Waals surface area contributed by atoms with Crippen LogP contribution in [0.5, 0.6) is 5.75 Å². The SMILES string of the molecule is Cc1cc(C)c2nc(N=Cc3cc(Br)cc(Br)c3O)sc2c1. The van der Waals surface area contributed by atoms with Crippen LogP contribution in [0, 0.1) is 13.8 Å². The van der Waals surface area contributed by atoms with Gasteiger partial charge in [-0.25, -0.2) is 9.98 Å². The molecule has 1 N–H and O–H groups in total. The summed E-state index contributed by atoms with van der Waals surface area (Å²) >= 11 is 8.26. The van der Waals surface area contributed by atoms with Crippen molar-refractivity contribution < 1.29 is 5.11 Å². The largest absolute Gasteiger partial charge is 0.506 e. The molecule has 112 valence electrons. The van der Waals surface area contributed by atoms with Crippen molar-refractivity contribution in [3.8, 4) is 5.75 Å². The Morgan fingerprint density at radius 3 is 2.73 bits per heavy atom. The molecule has 0 fully saturated rings. The van der Waals surface area contributed by atoms with E-state index < -0.39 is 0 Å². The van der Waals surface area contributed by atoms with Gasteiger partial charge in [0.25, 0.3) is 0 Å². The Kier molecular flexibility index (Phi) is 4.34. The number of hydrogen-bond donors (Lipinski definition) is 1. The number of hydrogen-bond acceptors (Lipinski definition) is 4. The lowest BCUT2D eigenvalue weighted by Crippen LogP contribution is -1.84. The number of benzene rings is 2. The highest BCUT2D eigenvalue weighted by molar-refractivity contribution is 9.11. The molecule has 0 saturated carbocycles. The molecule has 0 aliphatic carbocycles. The van der Waals surface area contributed by atoms with E-state index in [0.29, 0.717) is 15.2 Å². The topological polar surface area (TPSA) is 45.5 Å². The minimum atomic E-state index is 0.167. The second-order valence-electron chi connectivity index (χ2n) is 5.01. The van der Waals surface area contributed by atoms with E-state index in [1.54, 1.807) is 23.6 Å². The molecule has 0 unspecified atom stereocenters. The van der Waals surface area contributed by atoms with E-state index in [2.05, 4.69) is 67.8 Å². The average molecular weight is 440 g/mol. The van der Waals surface area contributed by atoms with Crippen molar-refractivity contribution in [2.45, 2.75) is 13.8 Å². The van der Waals surface area contributed by atoms with Gasteiger partial charge in [-0.2, -0.15) is 0 Å². The molecule has 0 spiro atoms. The average Bonchev–Trinajstić information content (AvgIpc) is 2.84. The van der Waals surface area contributed by atoms with E-state index in [1.807, 2.05) is 6.07 Å². The van der Waals surface area contributed by atoms with Gasteiger partial charge in [-0.15, -0.1) is 0 Å². The third-order valence-electron chi connectivity index (χ3n) is 3.19. The van der Waals surface area contributed by atoms with Crippen LogP contribution in [0.25, 0.3) is 10.2 Å². The van der Waals surface area contributed by atoms with Crippen LogP contribution in [0.2, 0.25) is 0 Å². The highest BCUT2D eigenvalue weighted by Gasteiger charge is 2.08. The minimum Gasteiger partial charge on any atom is -0.506 e. The molecule has 22 heavy (non-hydrogen) atoms. The molecule has 0 aliphatic rings. The van der Waals surface area contributed by atoms with E-state index in [9.17, 15) is 5.11 Å². The van der Waals surface area contributed by atoms with Gasteiger partial charge in [0.05, 0.1) is 14.7 Å². The van der Waals surface area contributed by atoms with Crippen LogP contribution >= 0.6 is 43.2 Å². The predicted molar refractivity (Wildman–Crippen MR) is 99.9 cm³/mol. The normalized spacial score (nSPS) is 11.6. The Morgan fingerprint density at radius 1 is 1.18 bits per heavy atom. The zero-order valence-electron chi connectivity index (χ0n) is 11.9. The van der Waals surface area contributed by atoms with Crippen molar-refractivity contribution in [3.63, 3.8) is 0 Å². The molecule has 0 amide bonds. The summed E-state index contributed by atoms with van der Waals surface area (Å²) in [6.45, 7) is 4.13. The van der Waals surface area contributed by atoms with Crippen molar-refractivity contribution >= 4 is 64.8 Å². The fraction of sp³-hybridized carbons (Fsp3) is 0.125. The first-order valence-electron chi connectivity index (χ1n) is 6.54. The van der Waals surface area contributed by atoms with Crippen LogP contribution in [0.15, 0.2) is 38.2 Å². The van der Waals surface area contributed by atoms with E-state index in [0.717, 1.165) is 20.3 Å². The van der Waals surface area contributed by atoms with Crippen molar-refractivity contribution in [2.75, 3.05) is 0 Å². The van der Waals surface area contributed by atoms with Crippen molar-refractivity contribution in [1.82, 2.24) is 4.98 Å². The molecule has 0 bridgehead atoms. The lowest BCUT2D eigenvalue weighted by Gasteiger charge is -2.02. The second kappa shape index (κ2) is 6.10. The molecule has 0 radical (unpaired) electrons. The summed E-state index contributed by atoms with van der Waals surface area (Å²) in [5.74, 6) is 0.167. The summed E-state index contributed by atoms with van der Waals surface area (Å²) in [6, 6.07) is 7.84. The highest BCUT2D eigenvalue weighted by atomic mass is 79.9. The smallest absolute Gasteiger partial charge is 0.210 e. The van der Waals surface area contributed by atoms with Gasteiger partial charge in [-0.1, -0.05) is 33.3 Å². The molecule has 1 heterocycles. The number of aromatic hydroxyl groups is 1. The number of aryl methyl sites for hydroxylation is 2. The first kappa shape index (κ1) is 15.6. The second-order valence-corrected chi connectivity index (χ2v) is 7.79. The fourth-order valence-corrected chi connectivity index (χ4v) is 4.47. The quantitative estimate of drug-likeness (QED) is 0.505. The Balaban J connectivity index is 2.01. The van der Waals surface area contributed by atoms with Crippen LogP contribution < -0.4 is 0 Å². The Bertz CT molecular complexity index is 903.